The molecule has 0 bridgehead atoms. The molecule has 0 aromatic carbocycles. The lowest BCUT2D eigenvalue weighted by Crippen LogP contribution is -2.18. The first-order chi connectivity index (χ1) is 5.41. The molecule has 3 heteroatoms. The van der Waals surface area contributed by atoms with Crippen molar-refractivity contribution in [2.75, 3.05) is 31.7 Å². The van der Waals surface area contributed by atoms with Crippen molar-refractivity contribution >= 4 is 11.8 Å². The molecule has 0 saturated heterocycles. The van der Waals surface area contributed by atoms with Crippen LogP contribution < -0.4 is 5.32 Å². The van der Waals surface area contributed by atoms with Crippen molar-refractivity contribution in [3.05, 3.63) is 0 Å². The first-order valence-electron chi connectivity index (χ1n) is 4.22. The summed E-state index contributed by atoms with van der Waals surface area (Å²) in [5, 5.41) is 11.8. The van der Waals surface area contributed by atoms with Crippen LogP contribution in [0.1, 0.15) is 19.3 Å². The number of hydrogen-bond donors (Lipinski definition) is 2. The molecular formula is C8H19NOS. The van der Waals surface area contributed by atoms with Crippen molar-refractivity contribution in [2.24, 2.45) is 0 Å². The van der Waals surface area contributed by atoms with Gasteiger partial charge in [0.1, 0.15) is 0 Å². The van der Waals surface area contributed by atoms with Gasteiger partial charge in [-0.15, -0.1) is 0 Å². The van der Waals surface area contributed by atoms with Gasteiger partial charge in [-0.1, -0.05) is 0 Å². The van der Waals surface area contributed by atoms with Gasteiger partial charge in [-0.05, 0) is 32.1 Å². The Balaban J connectivity index is 2.69. The van der Waals surface area contributed by atoms with Gasteiger partial charge >= 0.3 is 0 Å². The third-order valence-electron chi connectivity index (χ3n) is 1.49. The lowest BCUT2D eigenvalue weighted by atomic mass is 10.2. The Morgan fingerprint density at radius 2 is 2.00 bits per heavy atom. The Kier molecular flexibility index (Phi) is 10.5. The van der Waals surface area contributed by atoms with E-state index in [0.29, 0.717) is 6.61 Å². The zero-order valence-electron chi connectivity index (χ0n) is 7.31. The highest BCUT2D eigenvalue weighted by Crippen LogP contribution is 1.92. The third kappa shape index (κ3) is 10.3. The van der Waals surface area contributed by atoms with E-state index in [1.165, 1.54) is 12.2 Å². The third-order valence-corrected chi connectivity index (χ3v) is 2.11. The Morgan fingerprint density at radius 1 is 1.18 bits per heavy atom. The number of thioether (sulfide) groups is 1. The van der Waals surface area contributed by atoms with Crippen LogP contribution in [0.15, 0.2) is 0 Å². The van der Waals surface area contributed by atoms with E-state index in [-0.39, 0.29) is 0 Å². The monoisotopic (exact) mass is 177 g/mol. The van der Waals surface area contributed by atoms with Crippen molar-refractivity contribution in [1.29, 1.82) is 0 Å². The number of rotatable bonds is 8. The fourth-order valence-electron chi connectivity index (χ4n) is 0.838. The number of hydrogen-bond acceptors (Lipinski definition) is 3. The van der Waals surface area contributed by atoms with E-state index in [1.807, 2.05) is 11.8 Å². The van der Waals surface area contributed by atoms with E-state index >= 15 is 0 Å². The van der Waals surface area contributed by atoms with Gasteiger partial charge in [-0.3, -0.25) is 0 Å². The Hall–Kier alpha value is 0.270. The standard InChI is InChI=1S/C8H19NOS/c1-11-8-6-9-5-3-2-4-7-10/h9-10H,2-8H2,1H3. The molecule has 0 amide bonds. The summed E-state index contributed by atoms with van der Waals surface area (Å²) in [4.78, 5) is 0. The molecular weight excluding hydrogens is 158 g/mol. The van der Waals surface area contributed by atoms with Gasteiger partial charge in [0.15, 0.2) is 0 Å². The second kappa shape index (κ2) is 10.3. The summed E-state index contributed by atoms with van der Waals surface area (Å²) in [6.07, 6.45) is 5.40. The second-order valence-electron chi connectivity index (χ2n) is 2.53. The fourth-order valence-corrected chi connectivity index (χ4v) is 1.19. The maximum absolute atomic E-state index is 8.48. The van der Waals surface area contributed by atoms with Crippen LogP contribution >= 0.6 is 11.8 Å². The van der Waals surface area contributed by atoms with E-state index < -0.39 is 0 Å². The van der Waals surface area contributed by atoms with Crippen LogP contribution in [0.5, 0.6) is 0 Å². The second-order valence-corrected chi connectivity index (χ2v) is 3.51. The number of nitrogens with one attached hydrogen (secondary N) is 1. The Bertz CT molecular complexity index is 63.1. The summed E-state index contributed by atoms with van der Waals surface area (Å²) in [5.74, 6) is 1.19. The van der Waals surface area contributed by atoms with Crippen LogP contribution in [0.2, 0.25) is 0 Å². The molecule has 0 radical (unpaired) electrons. The van der Waals surface area contributed by atoms with Crippen LogP contribution in [0.4, 0.5) is 0 Å². The molecule has 0 aliphatic heterocycles. The number of aliphatic hydroxyl groups excluding tert-OH is 1. The lowest BCUT2D eigenvalue weighted by Gasteiger charge is -2.01. The molecule has 0 rings (SSSR count). The molecule has 2 nitrogen and oxygen atoms in total. The predicted octanol–water partition coefficient (Wildman–Crippen LogP) is 1.10. The maximum Gasteiger partial charge on any atom is 0.0431 e. The molecule has 11 heavy (non-hydrogen) atoms. The summed E-state index contributed by atoms with van der Waals surface area (Å²) in [5.41, 5.74) is 0. The summed E-state index contributed by atoms with van der Waals surface area (Å²) in [7, 11) is 0. The maximum atomic E-state index is 8.48. The molecule has 0 spiro atoms. The zero-order chi connectivity index (χ0) is 8.36. The smallest absolute Gasteiger partial charge is 0.0431 e. The largest absolute Gasteiger partial charge is 0.396 e. The minimum absolute atomic E-state index is 0.338. The van der Waals surface area contributed by atoms with Crippen molar-refractivity contribution in [3.8, 4) is 0 Å². The SMILES string of the molecule is CSCCNCCCCCO. The van der Waals surface area contributed by atoms with Gasteiger partial charge in [-0.2, -0.15) is 11.8 Å². The average Bonchev–Trinajstić information content (AvgIpc) is 2.03. The van der Waals surface area contributed by atoms with Crippen molar-refractivity contribution < 1.29 is 5.11 Å². The number of aliphatic hydroxyl groups is 1. The quantitative estimate of drug-likeness (QED) is 0.545. The van der Waals surface area contributed by atoms with Crippen LogP contribution in [0.3, 0.4) is 0 Å². The van der Waals surface area contributed by atoms with E-state index in [4.69, 9.17) is 5.11 Å². The summed E-state index contributed by atoms with van der Waals surface area (Å²) in [6, 6.07) is 0. The van der Waals surface area contributed by atoms with E-state index in [1.54, 1.807) is 0 Å². The molecule has 0 fully saturated rings. The number of unbranched alkanes of at least 4 members (excludes halogenated alkanes) is 2. The highest BCUT2D eigenvalue weighted by atomic mass is 32.2. The van der Waals surface area contributed by atoms with Gasteiger partial charge in [0, 0.05) is 18.9 Å². The lowest BCUT2D eigenvalue weighted by molar-refractivity contribution is 0.283. The summed E-state index contributed by atoms with van der Waals surface area (Å²) in [6.45, 7) is 2.55. The first-order valence-corrected chi connectivity index (χ1v) is 5.61. The zero-order valence-corrected chi connectivity index (χ0v) is 8.12. The Labute approximate surface area is 73.8 Å². The highest BCUT2D eigenvalue weighted by Gasteiger charge is 1.87. The van der Waals surface area contributed by atoms with E-state index in [9.17, 15) is 0 Å². The van der Waals surface area contributed by atoms with E-state index in [2.05, 4.69) is 11.6 Å². The molecule has 68 valence electrons. The molecule has 0 saturated carbocycles. The molecule has 0 unspecified atom stereocenters. The summed E-state index contributed by atoms with van der Waals surface area (Å²) < 4.78 is 0. The average molecular weight is 177 g/mol. The molecule has 0 aliphatic carbocycles. The highest BCUT2D eigenvalue weighted by molar-refractivity contribution is 7.98. The fraction of sp³-hybridized carbons (Fsp3) is 1.00. The first kappa shape index (κ1) is 11.3. The molecule has 0 atom stereocenters. The van der Waals surface area contributed by atoms with Crippen LogP contribution in [-0.2, 0) is 0 Å². The topological polar surface area (TPSA) is 32.3 Å². The van der Waals surface area contributed by atoms with Gasteiger partial charge in [0.2, 0.25) is 0 Å². The molecule has 0 heterocycles. The van der Waals surface area contributed by atoms with Gasteiger partial charge in [0.25, 0.3) is 0 Å². The van der Waals surface area contributed by atoms with Crippen molar-refractivity contribution in [2.45, 2.75) is 19.3 Å². The molecule has 0 aromatic rings. The molecule has 0 aromatic heterocycles. The van der Waals surface area contributed by atoms with Gasteiger partial charge in [-0.25, -0.2) is 0 Å². The van der Waals surface area contributed by atoms with Gasteiger partial charge in [0.05, 0.1) is 0 Å². The van der Waals surface area contributed by atoms with Crippen molar-refractivity contribution in [1.82, 2.24) is 5.32 Å². The normalized spacial score (nSPS) is 10.4. The molecule has 0 aliphatic rings. The van der Waals surface area contributed by atoms with Crippen LogP contribution in [0.25, 0.3) is 0 Å². The van der Waals surface area contributed by atoms with Crippen LogP contribution in [-0.4, -0.2) is 36.8 Å². The van der Waals surface area contributed by atoms with E-state index in [0.717, 1.165) is 25.9 Å². The minimum Gasteiger partial charge on any atom is -0.396 e. The van der Waals surface area contributed by atoms with Crippen LogP contribution in [0, 0.1) is 0 Å². The van der Waals surface area contributed by atoms with Crippen molar-refractivity contribution in [3.63, 3.8) is 0 Å². The Morgan fingerprint density at radius 3 is 2.64 bits per heavy atom. The molecule has 2 N–H and O–H groups in total. The van der Waals surface area contributed by atoms with Gasteiger partial charge < -0.3 is 10.4 Å². The predicted molar refractivity (Wildman–Crippen MR) is 52.2 cm³/mol. The minimum atomic E-state index is 0.338. The summed E-state index contributed by atoms with van der Waals surface area (Å²) >= 11 is 1.87.